The third-order valence-electron chi connectivity index (χ3n) is 2.42. The molecule has 3 heteroatoms. The zero-order valence-electron chi connectivity index (χ0n) is 8.64. The third-order valence-corrected chi connectivity index (χ3v) is 2.54. The molecule has 0 aromatic heterocycles. The van der Waals surface area contributed by atoms with Gasteiger partial charge in [-0.2, -0.15) is 0 Å². The fourth-order valence-corrected chi connectivity index (χ4v) is 1.68. The molecule has 1 aliphatic rings. The van der Waals surface area contributed by atoms with Gasteiger partial charge in [-0.25, -0.2) is 0 Å². The van der Waals surface area contributed by atoms with Crippen molar-refractivity contribution >= 4 is 11.6 Å². The molecule has 0 aliphatic carbocycles. The van der Waals surface area contributed by atoms with Crippen molar-refractivity contribution in [1.82, 2.24) is 4.90 Å². The number of hydrogen-bond donors (Lipinski definition) is 0. The second-order valence-corrected chi connectivity index (χ2v) is 4.87. The van der Waals surface area contributed by atoms with Crippen LogP contribution in [0.4, 0.5) is 0 Å². The summed E-state index contributed by atoms with van der Waals surface area (Å²) in [5, 5.41) is 0.696. The Kier molecular flexibility index (Phi) is 3.38. The molecule has 0 N–H and O–H groups in total. The van der Waals surface area contributed by atoms with Gasteiger partial charge in [-0.3, -0.25) is 4.90 Å². The number of rotatable bonds is 2. The quantitative estimate of drug-likeness (QED) is 0.683. The van der Waals surface area contributed by atoms with Crippen LogP contribution in [0, 0.1) is 0 Å². The number of halogens is 1. The summed E-state index contributed by atoms with van der Waals surface area (Å²) in [6.45, 7) is 12.6. The van der Waals surface area contributed by atoms with Crippen molar-refractivity contribution in [2.75, 3.05) is 19.7 Å². The minimum absolute atomic E-state index is 0.0737. The van der Waals surface area contributed by atoms with Gasteiger partial charge in [0, 0.05) is 23.7 Å². The summed E-state index contributed by atoms with van der Waals surface area (Å²) in [5.74, 6) is 0. The van der Waals surface area contributed by atoms with E-state index in [2.05, 4.69) is 32.3 Å². The third kappa shape index (κ3) is 2.97. The number of nitrogens with zero attached hydrogens (tertiary/aromatic N) is 1. The number of morpholine rings is 1. The lowest BCUT2D eigenvalue weighted by molar-refractivity contribution is -0.0868. The maximum atomic E-state index is 5.81. The Labute approximate surface area is 85.5 Å². The molecular formula is C10H18ClNO. The largest absolute Gasteiger partial charge is 0.375 e. The first kappa shape index (κ1) is 11.0. The molecule has 1 aliphatic heterocycles. The fourth-order valence-electron chi connectivity index (χ4n) is 1.53. The molecule has 0 radical (unpaired) electrons. The second kappa shape index (κ2) is 3.99. The van der Waals surface area contributed by atoms with Gasteiger partial charge in [0.05, 0.1) is 12.7 Å². The van der Waals surface area contributed by atoms with Crippen molar-refractivity contribution < 1.29 is 4.74 Å². The number of hydrogen-bond acceptors (Lipinski definition) is 2. The lowest BCUT2D eigenvalue weighted by Gasteiger charge is -2.44. The molecule has 0 bridgehead atoms. The molecule has 0 saturated carbocycles. The Morgan fingerprint density at radius 3 is 2.85 bits per heavy atom. The highest BCUT2D eigenvalue weighted by Gasteiger charge is 2.33. The van der Waals surface area contributed by atoms with Gasteiger partial charge in [0.2, 0.25) is 0 Å². The molecule has 13 heavy (non-hydrogen) atoms. The van der Waals surface area contributed by atoms with E-state index >= 15 is 0 Å². The molecule has 0 aromatic carbocycles. The van der Waals surface area contributed by atoms with Crippen LogP contribution in [0.1, 0.15) is 20.8 Å². The first-order valence-electron chi connectivity index (χ1n) is 4.62. The molecule has 1 unspecified atom stereocenters. The van der Waals surface area contributed by atoms with Gasteiger partial charge in [-0.05, 0) is 20.8 Å². The standard InChI is InChI=1S/C10H18ClNO/c1-8(11)5-12-6-9(2)13-7-10(12,3)4/h9H,1,5-7H2,2-4H3. The Bertz CT molecular complexity index is 203. The second-order valence-electron chi connectivity index (χ2n) is 4.33. The van der Waals surface area contributed by atoms with Crippen molar-refractivity contribution in [3.8, 4) is 0 Å². The van der Waals surface area contributed by atoms with Crippen LogP contribution in [0.5, 0.6) is 0 Å². The van der Waals surface area contributed by atoms with E-state index in [0.29, 0.717) is 11.1 Å². The first-order chi connectivity index (χ1) is 5.92. The van der Waals surface area contributed by atoms with Gasteiger partial charge in [0.25, 0.3) is 0 Å². The van der Waals surface area contributed by atoms with E-state index in [-0.39, 0.29) is 5.54 Å². The zero-order valence-corrected chi connectivity index (χ0v) is 9.40. The molecule has 1 rings (SSSR count). The summed E-state index contributed by atoms with van der Waals surface area (Å²) >= 11 is 5.81. The van der Waals surface area contributed by atoms with Crippen molar-refractivity contribution in [3.05, 3.63) is 11.6 Å². The highest BCUT2D eigenvalue weighted by Crippen LogP contribution is 2.23. The van der Waals surface area contributed by atoms with E-state index < -0.39 is 0 Å². The summed E-state index contributed by atoms with van der Waals surface area (Å²) < 4.78 is 5.59. The zero-order chi connectivity index (χ0) is 10.1. The number of ether oxygens (including phenoxy) is 1. The highest BCUT2D eigenvalue weighted by molar-refractivity contribution is 6.29. The lowest BCUT2D eigenvalue weighted by atomic mass is 10.0. The molecule has 0 aromatic rings. The van der Waals surface area contributed by atoms with Crippen molar-refractivity contribution in [1.29, 1.82) is 0 Å². The molecule has 76 valence electrons. The summed E-state index contributed by atoms with van der Waals surface area (Å²) in [4.78, 5) is 2.32. The maximum Gasteiger partial charge on any atom is 0.0675 e. The normalized spacial score (nSPS) is 28.8. The van der Waals surface area contributed by atoms with Crippen LogP contribution in [-0.2, 0) is 4.74 Å². The van der Waals surface area contributed by atoms with Gasteiger partial charge in [0.15, 0.2) is 0 Å². The fraction of sp³-hybridized carbons (Fsp3) is 0.800. The topological polar surface area (TPSA) is 12.5 Å². The van der Waals surface area contributed by atoms with Crippen LogP contribution >= 0.6 is 11.6 Å². The van der Waals surface area contributed by atoms with Crippen LogP contribution in [0.25, 0.3) is 0 Å². The van der Waals surface area contributed by atoms with Gasteiger partial charge >= 0.3 is 0 Å². The Morgan fingerprint density at radius 1 is 1.69 bits per heavy atom. The summed E-state index contributed by atoms with van der Waals surface area (Å²) in [7, 11) is 0. The van der Waals surface area contributed by atoms with Crippen molar-refractivity contribution in [2.24, 2.45) is 0 Å². The van der Waals surface area contributed by atoms with E-state index in [4.69, 9.17) is 16.3 Å². The van der Waals surface area contributed by atoms with Gasteiger partial charge in [-0.15, -0.1) is 0 Å². The SMILES string of the molecule is C=C(Cl)CN1CC(C)OCC1(C)C. The Balaban J connectivity index is 2.61. The molecule has 0 amide bonds. The Morgan fingerprint density at radius 2 is 2.31 bits per heavy atom. The van der Waals surface area contributed by atoms with E-state index in [1.165, 1.54) is 0 Å². The highest BCUT2D eigenvalue weighted by atomic mass is 35.5. The molecule has 1 saturated heterocycles. The van der Waals surface area contributed by atoms with Crippen LogP contribution in [0.2, 0.25) is 0 Å². The summed E-state index contributed by atoms with van der Waals surface area (Å²) in [6.07, 6.45) is 0.295. The van der Waals surface area contributed by atoms with Crippen LogP contribution in [-0.4, -0.2) is 36.2 Å². The predicted molar refractivity (Wildman–Crippen MR) is 56.1 cm³/mol. The molecule has 1 fully saturated rings. The summed E-state index contributed by atoms with van der Waals surface area (Å²) in [6, 6.07) is 0. The first-order valence-corrected chi connectivity index (χ1v) is 4.99. The minimum Gasteiger partial charge on any atom is -0.375 e. The van der Waals surface area contributed by atoms with Crippen molar-refractivity contribution in [3.63, 3.8) is 0 Å². The smallest absolute Gasteiger partial charge is 0.0675 e. The van der Waals surface area contributed by atoms with Gasteiger partial charge < -0.3 is 4.74 Å². The van der Waals surface area contributed by atoms with E-state index in [1.54, 1.807) is 0 Å². The minimum atomic E-state index is 0.0737. The van der Waals surface area contributed by atoms with E-state index in [0.717, 1.165) is 19.7 Å². The average Bonchev–Trinajstić information content (AvgIpc) is 1.97. The lowest BCUT2D eigenvalue weighted by Crippen LogP contribution is -2.55. The molecule has 0 spiro atoms. The molecule has 1 heterocycles. The molecule has 1 atom stereocenters. The molecule has 2 nitrogen and oxygen atoms in total. The predicted octanol–water partition coefficient (Wildman–Crippen LogP) is 2.24. The average molecular weight is 204 g/mol. The van der Waals surface area contributed by atoms with Gasteiger partial charge in [-0.1, -0.05) is 18.2 Å². The van der Waals surface area contributed by atoms with Crippen LogP contribution in [0.3, 0.4) is 0 Å². The Hall–Kier alpha value is -0.0500. The van der Waals surface area contributed by atoms with E-state index in [1.807, 2.05) is 0 Å². The van der Waals surface area contributed by atoms with Crippen LogP contribution in [0.15, 0.2) is 11.6 Å². The van der Waals surface area contributed by atoms with Crippen molar-refractivity contribution in [2.45, 2.75) is 32.4 Å². The van der Waals surface area contributed by atoms with E-state index in [9.17, 15) is 0 Å². The maximum absolute atomic E-state index is 5.81. The van der Waals surface area contributed by atoms with Crippen LogP contribution < -0.4 is 0 Å². The molecular weight excluding hydrogens is 186 g/mol. The monoisotopic (exact) mass is 203 g/mol. The van der Waals surface area contributed by atoms with Gasteiger partial charge in [0.1, 0.15) is 0 Å². The summed E-state index contributed by atoms with van der Waals surface area (Å²) in [5.41, 5.74) is 0.0737.